The molecule has 2 heterocycles. The van der Waals surface area contributed by atoms with Crippen molar-refractivity contribution in [3.8, 4) is 6.07 Å². The summed E-state index contributed by atoms with van der Waals surface area (Å²) in [5, 5.41) is 11.8. The van der Waals surface area contributed by atoms with E-state index in [4.69, 9.17) is 5.26 Å². The number of hydrogen-bond donors (Lipinski definition) is 1. The zero-order valence-corrected chi connectivity index (χ0v) is 18.0. The minimum atomic E-state index is -0.233. The molecule has 1 spiro atoms. The summed E-state index contributed by atoms with van der Waals surface area (Å²) in [6, 6.07) is 18.6. The van der Waals surface area contributed by atoms with E-state index in [2.05, 4.69) is 11.4 Å². The van der Waals surface area contributed by atoms with Gasteiger partial charge in [0.15, 0.2) is 0 Å². The molecule has 0 aliphatic carbocycles. The second-order valence-electron chi connectivity index (χ2n) is 7.63. The highest BCUT2D eigenvalue weighted by Gasteiger charge is 2.46. The van der Waals surface area contributed by atoms with Crippen molar-refractivity contribution in [1.29, 1.82) is 5.26 Å². The van der Waals surface area contributed by atoms with Crippen molar-refractivity contribution < 1.29 is 9.59 Å². The number of thioether (sulfide) groups is 1. The molecule has 2 aromatic carbocycles. The smallest absolute Gasteiger partial charge is 0.321 e. The first-order valence-corrected chi connectivity index (χ1v) is 11.3. The molecule has 2 aliphatic heterocycles. The van der Waals surface area contributed by atoms with E-state index >= 15 is 0 Å². The van der Waals surface area contributed by atoms with E-state index in [1.165, 1.54) is 0 Å². The lowest BCUT2D eigenvalue weighted by molar-refractivity contribution is -0.129. The van der Waals surface area contributed by atoms with Gasteiger partial charge in [-0.2, -0.15) is 5.26 Å². The first-order valence-electron chi connectivity index (χ1n) is 10.3. The van der Waals surface area contributed by atoms with Crippen molar-refractivity contribution in [2.75, 3.05) is 30.7 Å². The number of urea groups is 1. The maximum Gasteiger partial charge on any atom is 0.321 e. The van der Waals surface area contributed by atoms with Crippen LogP contribution in [0.5, 0.6) is 0 Å². The predicted molar refractivity (Wildman–Crippen MR) is 123 cm³/mol. The highest BCUT2D eigenvalue weighted by Crippen LogP contribution is 2.44. The Balaban J connectivity index is 1.35. The van der Waals surface area contributed by atoms with Crippen molar-refractivity contribution in [2.45, 2.75) is 17.7 Å². The standard InChI is InChI=1S/C24H24N4O2S/c25-18-20-6-9-21(10-7-20)26-23(30)27-14-12-24(13-15-27)28(16-17-31-24)22(29)11-8-19-4-2-1-3-5-19/h1-11H,12-17H2,(H,26,30)/b11-8+. The fraction of sp³-hybridized carbons (Fsp3) is 0.292. The molecule has 0 radical (unpaired) electrons. The van der Waals surface area contributed by atoms with Crippen LogP contribution in [0.3, 0.4) is 0 Å². The van der Waals surface area contributed by atoms with E-state index < -0.39 is 0 Å². The maximum absolute atomic E-state index is 12.9. The van der Waals surface area contributed by atoms with Crippen LogP contribution in [0.25, 0.3) is 6.08 Å². The average Bonchev–Trinajstić information content (AvgIpc) is 3.22. The molecule has 2 fully saturated rings. The number of carbonyl (C=O) groups is 2. The number of amides is 3. The molecular weight excluding hydrogens is 408 g/mol. The number of rotatable bonds is 3. The molecule has 0 saturated carbocycles. The summed E-state index contributed by atoms with van der Waals surface area (Å²) < 4.78 is 0. The van der Waals surface area contributed by atoms with Gasteiger partial charge in [0, 0.05) is 37.2 Å². The zero-order chi connectivity index (χ0) is 21.7. The molecule has 0 aromatic heterocycles. The number of likely N-dealkylation sites (tertiary alicyclic amines) is 1. The molecule has 0 unspecified atom stereocenters. The van der Waals surface area contributed by atoms with E-state index in [1.54, 1.807) is 35.2 Å². The second kappa shape index (κ2) is 9.27. The van der Waals surface area contributed by atoms with E-state index in [-0.39, 0.29) is 16.8 Å². The lowest BCUT2D eigenvalue weighted by Gasteiger charge is -2.43. The molecular formula is C24H24N4O2S. The monoisotopic (exact) mass is 432 g/mol. The van der Waals surface area contributed by atoms with Crippen LogP contribution in [0.1, 0.15) is 24.0 Å². The lowest BCUT2D eigenvalue weighted by atomic mass is 10.0. The van der Waals surface area contributed by atoms with Crippen LogP contribution in [0.2, 0.25) is 0 Å². The Morgan fingerprint density at radius 2 is 1.74 bits per heavy atom. The van der Waals surface area contributed by atoms with Crippen molar-refractivity contribution >= 4 is 35.5 Å². The number of nitriles is 1. The number of hydrogen-bond acceptors (Lipinski definition) is 4. The Hall–Kier alpha value is -3.24. The minimum absolute atomic E-state index is 0.0318. The van der Waals surface area contributed by atoms with Gasteiger partial charge < -0.3 is 15.1 Å². The maximum atomic E-state index is 12.9. The predicted octanol–water partition coefficient (Wildman–Crippen LogP) is 4.17. The van der Waals surface area contributed by atoms with Gasteiger partial charge >= 0.3 is 6.03 Å². The lowest BCUT2D eigenvalue weighted by Crippen LogP contribution is -2.53. The van der Waals surface area contributed by atoms with E-state index in [1.807, 2.05) is 53.1 Å². The van der Waals surface area contributed by atoms with Gasteiger partial charge in [-0.25, -0.2) is 4.79 Å². The molecule has 31 heavy (non-hydrogen) atoms. The third kappa shape index (κ3) is 4.75. The molecule has 2 aromatic rings. The Labute approximate surface area is 186 Å². The van der Waals surface area contributed by atoms with E-state index in [0.29, 0.717) is 24.3 Å². The third-order valence-electron chi connectivity index (χ3n) is 5.76. The normalized spacial score (nSPS) is 17.6. The molecule has 2 aliphatic rings. The quantitative estimate of drug-likeness (QED) is 0.739. The molecule has 3 amide bonds. The first kappa shape index (κ1) is 21.0. The van der Waals surface area contributed by atoms with Gasteiger partial charge in [-0.05, 0) is 48.7 Å². The minimum Gasteiger partial charge on any atom is -0.324 e. The van der Waals surface area contributed by atoms with Gasteiger partial charge in [0.1, 0.15) is 0 Å². The number of anilines is 1. The Morgan fingerprint density at radius 1 is 1.03 bits per heavy atom. The van der Waals surface area contributed by atoms with Crippen LogP contribution in [-0.2, 0) is 4.79 Å². The van der Waals surface area contributed by atoms with Crippen molar-refractivity contribution in [2.24, 2.45) is 0 Å². The number of benzene rings is 2. The molecule has 0 atom stereocenters. The van der Waals surface area contributed by atoms with Gasteiger partial charge in [-0.3, -0.25) is 4.79 Å². The number of nitrogens with one attached hydrogen (secondary N) is 1. The second-order valence-corrected chi connectivity index (χ2v) is 9.09. The van der Waals surface area contributed by atoms with E-state index in [0.717, 1.165) is 30.7 Å². The fourth-order valence-corrected chi connectivity index (χ4v) is 5.51. The van der Waals surface area contributed by atoms with Gasteiger partial charge in [0.25, 0.3) is 0 Å². The van der Waals surface area contributed by atoms with Gasteiger partial charge in [0.05, 0.1) is 16.5 Å². The van der Waals surface area contributed by atoms with E-state index in [9.17, 15) is 9.59 Å². The highest BCUT2D eigenvalue weighted by molar-refractivity contribution is 8.00. The third-order valence-corrected chi connectivity index (χ3v) is 7.31. The molecule has 0 bridgehead atoms. The summed E-state index contributed by atoms with van der Waals surface area (Å²) in [5.74, 6) is 0.951. The van der Waals surface area contributed by atoms with Gasteiger partial charge in [-0.15, -0.1) is 11.8 Å². The number of carbonyl (C=O) groups excluding carboxylic acids is 2. The van der Waals surface area contributed by atoms with Crippen LogP contribution in [0.4, 0.5) is 10.5 Å². The van der Waals surface area contributed by atoms with Crippen LogP contribution in [-0.4, -0.2) is 52.0 Å². The Bertz CT molecular complexity index is 1010. The summed E-state index contributed by atoms with van der Waals surface area (Å²) in [6.45, 7) is 1.93. The van der Waals surface area contributed by atoms with Crippen LogP contribution < -0.4 is 5.32 Å². The van der Waals surface area contributed by atoms with Crippen molar-refractivity contribution in [3.63, 3.8) is 0 Å². The van der Waals surface area contributed by atoms with Crippen LogP contribution in [0.15, 0.2) is 60.7 Å². The first-order chi connectivity index (χ1) is 15.1. The Morgan fingerprint density at radius 3 is 2.42 bits per heavy atom. The Kier molecular flexibility index (Phi) is 6.28. The highest BCUT2D eigenvalue weighted by atomic mass is 32.2. The summed E-state index contributed by atoms with van der Waals surface area (Å²) in [6.07, 6.45) is 5.03. The molecule has 158 valence electrons. The molecule has 6 nitrogen and oxygen atoms in total. The van der Waals surface area contributed by atoms with Crippen molar-refractivity contribution in [1.82, 2.24) is 9.80 Å². The van der Waals surface area contributed by atoms with Crippen molar-refractivity contribution in [3.05, 3.63) is 71.8 Å². The summed E-state index contributed by atoms with van der Waals surface area (Å²) >= 11 is 1.83. The fourth-order valence-electron chi connectivity index (χ4n) is 4.05. The average molecular weight is 433 g/mol. The molecule has 7 heteroatoms. The number of nitrogens with zero attached hydrogens (tertiary/aromatic N) is 3. The molecule has 2 saturated heterocycles. The van der Waals surface area contributed by atoms with Crippen LogP contribution >= 0.6 is 11.8 Å². The SMILES string of the molecule is N#Cc1ccc(NC(=O)N2CCC3(CC2)SCCN3C(=O)/C=C/c2ccccc2)cc1. The summed E-state index contributed by atoms with van der Waals surface area (Å²) in [5.41, 5.74) is 2.23. The topological polar surface area (TPSA) is 76.4 Å². The summed E-state index contributed by atoms with van der Waals surface area (Å²) in [7, 11) is 0. The molecule has 1 N–H and O–H groups in total. The molecule has 4 rings (SSSR count). The zero-order valence-electron chi connectivity index (χ0n) is 17.2. The van der Waals surface area contributed by atoms with Gasteiger partial charge in [0.2, 0.25) is 5.91 Å². The summed E-state index contributed by atoms with van der Waals surface area (Å²) in [4.78, 5) is 29.1. The van der Waals surface area contributed by atoms with Gasteiger partial charge in [-0.1, -0.05) is 30.3 Å². The van der Waals surface area contributed by atoms with Crippen LogP contribution in [0, 0.1) is 11.3 Å². The number of piperidine rings is 1. The largest absolute Gasteiger partial charge is 0.324 e.